The minimum atomic E-state index is -3.70. The van der Waals surface area contributed by atoms with Gasteiger partial charge in [-0.3, -0.25) is 4.79 Å². The van der Waals surface area contributed by atoms with Crippen LogP contribution in [0.2, 0.25) is 0 Å². The molecule has 0 saturated carbocycles. The maximum atomic E-state index is 12.9. The molecule has 29 heavy (non-hydrogen) atoms. The Morgan fingerprint density at radius 1 is 1.31 bits per heavy atom. The molecule has 0 spiro atoms. The van der Waals surface area contributed by atoms with Gasteiger partial charge in [0.15, 0.2) is 0 Å². The van der Waals surface area contributed by atoms with E-state index in [0.29, 0.717) is 35.1 Å². The van der Waals surface area contributed by atoms with E-state index in [1.54, 1.807) is 49.2 Å². The summed E-state index contributed by atoms with van der Waals surface area (Å²) in [6, 6.07) is 10.8. The van der Waals surface area contributed by atoms with E-state index < -0.39 is 16.1 Å². The summed E-state index contributed by atoms with van der Waals surface area (Å²) in [5, 5.41) is 12.3. The number of rotatable bonds is 6. The monoisotopic (exact) mass is 548 g/mol. The second-order valence-corrected chi connectivity index (χ2v) is 10.6. The standard InChI is InChI=1S/C19H21IN2O5S2/c1-27-18-7-2-13(10-17(18)20)19(24)21-14-3-5-16(6-4-14)29(25,26)22-8-9-28-12-15(22)11-23/h2-7,10,15,23H,8-9,11-12H2,1H3,(H,21,24). The van der Waals surface area contributed by atoms with Crippen LogP contribution in [0.1, 0.15) is 10.4 Å². The lowest BCUT2D eigenvalue weighted by atomic mass is 10.2. The van der Waals surface area contributed by atoms with E-state index in [2.05, 4.69) is 27.9 Å². The highest BCUT2D eigenvalue weighted by Gasteiger charge is 2.33. The molecular formula is C19H21IN2O5S2. The van der Waals surface area contributed by atoms with Crippen molar-refractivity contribution in [3.63, 3.8) is 0 Å². The topological polar surface area (TPSA) is 95.9 Å². The summed E-state index contributed by atoms with van der Waals surface area (Å²) in [6.45, 7) is 0.161. The molecule has 156 valence electrons. The SMILES string of the molecule is COc1ccc(C(=O)Nc2ccc(S(=O)(=O)N3CCSCC3CO)cc2)cc1I. The molecule has 2 N–H and O–H groups in total. The van der Waals surface area contributed by atoms with Crippen molar-refractivity contribution in [2.75, 3.05) is 37.1 Å². The first-order valence-corrected chi connectivity index (χ1v) is 12.5. The molecule has 3 rings (SSSR count). The van der Waals surface area contributed by atoms with Crippen LogP contribution in [0.5, 0.6) is 5.75 Å². The lowest BCUT2D eigenvalue weighted by molar-refractivity contribution is 0.102. The van der Waals surface area contributed by atoms with Gasteiger partial charge in [-0.25, -0.2) is 8.42 Å². The number of nitrogens with one attached hydrogen (secondary N) is 1. The highest BCUT2D eigenvalue weighted by molar-refractivity contribution is 14.1. The Hall–Kier alpha value is -1.34. The molecule has 0 aliphatic carbocycles. The van der Waals surface area contributed by atoms with Crippen LogP contribution in [0.15, 0.2) is 47.4 Å². The van der Waals surface area contributed by atoms with Crippen molar-refractivity contribution in [1.82, 2.24) is 4.31 Å². The van der Waals surface area contributed by atoms with Gasteiger partial charge in [-0.1, -0.05) is 0 Å². The van der Waals surface area contributed by atoms with Crippen LogP contribution in [-0.4, -0.2) is 61.5 Å². The minimum absolute atomic E-state index is 0.139. The van der Waals surface area contributed by atoms with E-state index in [-0.39, 0.29) is 17.4 Å². The van der Waals surface area contributed by atoms with Gasteiger partial charge in [-0.15, -0.1) is 0 Å². The van der Waals surface area contributed by atoms with E-state index in [1.807, 2.05) is 0 Å². The second-order valence-electron chi connectivity index (χ2n) is 6.35. The van der Waals surface area contributed by atoms with Crippen molar-refractivity contribution in [2.24, 2.45) is 0 Å². The van der Waals surface area contributed by atoms with Gasteiger partial charge in [-0.2, -0.15) is 16.1 Å². The van der Waals surface area contributed by atoms with Crippen LogP contribution in [0.25, 0.3) is 0 Å². The van der Waals surface area contributed by atoms with Crippen LogP contribution >= 0.6 is 34.4 Å². The Morgan fingerprint density at radius 3 is 2.66 bits per heavy atom. The Kier molecular flexibility index (Phi) is 7.43. The van der Waals surface area contributed by atoms with Crippen LogP contribution in [0.4, 0.5) is 5.69 Å². The molecule has 7 nitrogen and oxygen atoms in total. The number of sulfonamides is 1. The zero-order valence-electron chi connectivity index (χ0n) is 15.7. The number of benzene rings is 2. The summed E-state index contributed by atoms with van der Waals surface area (Å²) < 4.78 is 33.2. The molecule has 1 unspecified atom stereocenters. The highest BCUT2D eigenvalue weighted by Crippen LogP contribution is 2.26. The summed E-state index contributed by atoms with van der Waals surface area (Å²) in [6.07, 6.45) is 0. The predicted molar refractivity (Wildman–Crippen MR) is 122 cm³/mol. The number of amides is 1. The highest BCUT2D eigenvalue weighted by atomic mass is 127. The number of aliphatic hydroxyl groups is 1. The lowest BCUT2D eigenvalue weighted by Gasteiger charge is -2.33. The second kappa shape index (κ2) is 9.65. The first kappa shape index (κ1) is 22.3. The summed E-state index contributed by atoms with van der Waals surface area (Å²) in [5.41, 5.74) is 0.969. The molecule has 1 fully saturated rings. The van der Waals surface area contributed by atoms with E-state index in [9.17, 15) is 18.3 Å². The van der Waals surface area contributed by atoms with Crippen molar-refractivity contribution in [3.05, 3.63) is 51.6 Å². The fraction of sp³-hybridized carbons (Fsp3) is 0.316. The largest absolute Gasteiger partial charge is 0.496 e. The number of anilines is 1. The summed E-state index contributed by atoms with van der Waals surface area (Å²) in [4.78, 5) is 12.6. The van der Waals surface area contributed by atoms with Crippen LogP contribution in [0, 0.1) is 3.57 Å². The van der Waals surface area contributed by atoms with E-state index in [0.717, 1.165) is 3.57 Å². The van der Waals surface area contributed by atoms with Crippen molar-refractivity contribution in [1.29, 1.82) is 0 Å². The average molecular weight is 548 g/mol. The normalized spacial score (nSPS) is 17.7. The quantitative estimate of drug-likeness (QED) is 0.540. The molecular weight excluding hydrogens is 527 g/mol. The third-order valence-electron chi connectivity index (χ3n) is 4.52. The number of methoxy groups -OCH3 is 1. The fourth-order valence-corrected chi connectivity index (χ4v) is 6.57. The number of thioether (sulfide) groups is 1. The first-order valence-electron chi connectivity index (χ1n) is 8.82. The molecule has 1 aliphatic heterocycles. The summed E-state index contributed by atoms with van der Waals surface area (Å²) in [7, 11) is -2.13. The van der Waals surface area contributed by atoms with Crippen molar-refractivity contribution in [3.8, 4) is 5.75 Å². The number of nitrogens with zero attached hydrogens (tertiary/aromatic N) is 1. The minimum Gasteiger partial charge on any atom is -0.496 e. The molecule has 1 heterocycles. The zero-order chi connectivity index (χ0) is 21.0. The smallest absolute Gasteiger partial charge is 0.255 e. The number of aliphatic hydroxyl groups excluding tert-OH is 1. The first-order chi connectivity index (χ1) is 13.9. The third kappa shape index (κ3) is 5.05. The molecule has 0 bridgehead atoms. The molecule has 1 atom stereocenters. The van der Waals surface area contributed by atoms with Crippen molar-refractivity contribution >= 4 is 56.0 Å². The van der Waals surface area contributed by atoms with E-state index >= 15 is 0 Å². The van der Waals surface area contributed by atoms with Gasteiger partial charge in [0, 0.05) is 29.3 Å². The Balaban J connectivity index is 1.74. The summed E-state index contributed by atoms with van der Waals surface area (Å²) in [5.74, 6) is 1.67. The number of hydrogen-bond donors (Lipinski definition) is 2. The summed E-state index contributed by atoms with van der Waals surface area (Å²) >= 11 is 3.72. The predicted octanol–water partition coefficient (Wildman–Crippen LogP) is 2.65. The molecule has 1 amide bonds. The number of hydrogen-bond acceptors (Lipinski definition) is 6. The van der Waals surface area contributed by atoms with Gasteiger partial charge in [-0.05, 0) is 65.1 Å². The lowest BCUT2D eigenvalue weighted by Crippen LogP contribution is -2.47. The molecule has 2 aromatic carbocycles. The zero-order valence-corrected chi connectivity index (χ0v) is 19.5. The molecule has 1 aliphatic rings. The van der Waals surface area contributed by atoms with E-state index in [4.69, 9.17) is 4.74 Å². The van der Waals surface area contributed by atoms with Gasteiger partial charge in [0.1, 0.15) is 5.75 Å². The number of carbonyl (C=O) groups is 1. The molecule has 10 heteroatoms. The number of halogens is 1. The van der Waals surface area contributed by atoms with Gasteiger partial charge >= 0.3 is 0 Å². The average Bonchev–Trinajstić information content (AvgIpc) is 2.74. The van der Waals surface area contributed by atoms with Crippen molar-refractivity contribution in [2.45, 2.75) is 10.9 Å². The number of carbonyl (C=O) groups excluding carboxylic acids is 1. The molecule has 0 aromatic heterocycles. The molecule has 0 radical (unpaired) electrons. The Bertz CT molecular complexity index is 983. The van der Waals surface area contributed by atoms with Gasteiger partial charge in [0.25, 0.3) is 5.91 Å². The Labute approximate surface area is 188 Å². The molecule has 2 aromatic rings. The third-order valence-corrected chi connectivity index (χ3v) is 8.42. The van der Waals surface area contributed by atoms with E-state index in [1.165, 1.54) is 16.4 Å². The Morgan fingerprint density at radius 2 is 2.03 bits per heavy atom. The fourth-order valence-electron chi connectivity index (χ4n) is 2.96. The van der Waals surface area contributed by atoms with Crippen molar-refractivity contribution < 1.29 is 23.1 Å². The number of ether oxygens (including phenoxy) is 1. The van der Waals surface area contributed by atoms with Crippen LogP contribution < -0.4 is 10.1 Å². The van der Waals surface area contributed by atoms with Crippen LogP contribution in [-0.2, 0) is 10.0 Å². The molecule has 1 saturated heterocycles. The maximum absolute atomic E-state index is 12.9. The van der Waals surface area contributed by atoms with Crippen LogP contribution in [0.3, 0.4) is 0 Å². The van der Waals surface area contributed by atoms with Gasteiger partial charge in [0.05, 0.1) is 28.2 Å². The van der Waals surface area contributed by atoms with Gasteiger partial charge < -0.3 is 15.2 Å². The van der Waals surface area contributed by atoms with Gasteiger partial charge in [0.2, 0.25) is 10.0 Å². The maximum Gasteiger partial charge on any atom is 0.255 e.